The lowest BCUT2D eigenvalue weighted by molar-refractivity contribution is 0.414. The summed E-state index contributed by atoms with van der Waals surface area (Å²) >= 11 is 0. The Hall–Kier alpha value is -1.97. The van der Waals surface area contributed by atoms with E-state index in [0.29, 0.717) is 6.04 Å². The number of H-pyrrole nitrogens is 1. The highest BCUT2D eigenvalue weighted by Crippen LogP contribution is 2.35. The molecule has 1 atom stereocenters. The monoisotopic (exact) mass is 243 g/mol. The zero-order valence-electron chi connectivity index (χ0n) is 10.7. The highest BCUT2D eigenvalue weighted by Gasteiger charge is 2.26. The van der Waals surface area contributed by atoms with Gasteiger partial charge >= 0.3 is 0 Å². The number of rotatable bonds is 3. The fraction of sp³-hybridized carbons (Fsp3) is 0.357. The van der Waals surface area contributed by atoms with Crippen molar-refractivity contribution in [2.24, 2.45) is 0 Å². The van der Waals surface area contributed by atoms with E-state index in [1.54, 1.807) is 13.4 Å². The number of anilines is 1. The summed E-state index contributed by atoms with van der Waals surface area (Å²) in [5.41, 5.74) is 3.73. The van der Waals surface area contributed by atoms with Gasteiger partial charge in [0.2, 0.25) is 0 Å². The standard InChI is InChI=1S/C14H17N3O/c1-10-5-11-6-13(18-2)3-4-14(11)17(10)8-12-7-15-9-16-12/h3-4,6-7,9-10H,5,8H2,1-2H3,(H,15,16)/t10-/m0/s1. The highest BCUT2D eigenvalue weighted by atomic mass is 16.5. The largest absolute Gasteiger partial charge is 0.497 e. The molecular formula is C14H17N3O. The molecule has 1 aliphatic rings. The molecule has 0 unspecified atom stereocenters. The van der Waals surface area contributed by atoms with Crippen molar-refractivity contribution in [3.63, 3.8) is 0 Å². The van der Waals surface area contributed by atoms with Crippen LogP contribution in [0.25, 0.3) is 0 Å². The van der Waals surface area contributed by atoms with Gasteiger partial charge in [0.05, 0.1) is 25.7 Å². The van der Waals surface area contributed by atoms with Crippen molar-refractivity contribution in [3.05, 3.63) is 42.0 Å². The van der Waals surface area contributed by atoms with Crippen LogP contribution in [0.5, 0.6) is 5.75 Å². The summed E-state index contributed by atoms with van der Waals surface area (Å²) in [7, 11) is 1.71. The van der Waals surface area contributed by atoms with Crippen LogP contribution >= 0.6 is 0 Å². The SMILES string of the molecule is COc1ccc2c(c1)C[C@H](C)N2Cc1c[nH]cn1. The highest BCUT2D eigenvalue weighted by molar-refractivity contribution is 5.61. The molecule has 0 saturated heterocycles. The van der Waals surface area contributed by atoms with E-state index in [4.69, 9.17) is 4.74 Å². The average Bonchev–Trinajstić information content (AvgIpc) is 2.98. The van der Waals surface area contributed by atoms with Crippen LogP contribution in [0.3, 0.4) is 0 Å². The third-order valence-electron chi connectivity index (χ3n) is 3.53. The van der Waals surface area contributed by atoms with Gasteiger partial charge in [-0.15, -0.1) is 0 Å². The molecule has 0 bridgehead atoms. The number of nitrogens with one attached hydrogen (secondary N) is 1. The Balaban J connectivity index is 1.89. The first kappa shape index (κ1) is 11.1. The number of fused-ring (bicyclic) bond motifs is 1. The van der Waals surface area contributed by atoms with E-state index in [0.717, 1.165) is 24.4 Å². The summed E-state index contributed by atoms with van der Waals surface area (Å²) in [6, 6.07) is 6.80. The molecule has 18 heavy (non-hydrogen) atoms. The van der Waals surface area contributed by atoms with E-state index in [1.165, 1.54) is 11.3 Å². The number of hydrogen-bond donors (Lipinski definition) is 1. The molecule has 0 fully saturated rings. The molecule has 0 spiro atoms. The average molecular weight is 243 g/mol. The van der Waals surface area contributed by atoms with E-state index in [1.807, 2.05) is 12.3 Å². The lowest BCUT2D eigenvalue weighted by Crippen LogP contribution is -2.28. The molecule has 3 rings (SSSR count). The Kier molecular flexibility index (Phi) is 2.70. The van der Waals surface area contributed by atoms with Gasteiger partial charge in [-0.2, -0.15) is 0 Å². The molecule has 0 aliphatic carbocycles. The number of aromatic amines is 1. The number of aromatic nitrogens is 2. The number of imidazole rings is 1. The smallest absolute Gasteiger partial charge is 0.119 e. The van der Waals surface area contributed by atoms with Crippen molar-refractivity contribution < 1.29 is 4.74 Å². The first-order valence-corrected chi connectivity index (χ1v) is 6.19. The van der Waals surface area contributed by atoms with Crippen LogP contribution in [0.15, 0.2) is 30.7 Å². The van der Waals surface area contributed by atoms with Crippen LogP contribution < -0.4 is 9.64 Å². The Labute approximate surface area is 107 Å². The number of benzene rings is 1. The quantitative estimate of drug-likeness (QED) is 0.899. The molecular weight excluding hydrogens is 226 g/mol. The minimum Gasteiger partial charge on any atom is -0.497 e. The lowest BCUT2D eigenvalue weighted by Gasteiger charge is -2.23. The first-order valence-electron chi connectivity index (χ1n) is 6.19. The molecule has 1 aromatic heterocycles. The number of hydrogen-bond acceptors (Lipinski definition) is 3. The second-order valence-electron chi connectivity index (χ2n) is 4.74. The van der Waals surface area contributed by atoms with Crippen LogP contribution in [-0.2, 0) is 13.0 Å². The lowest BCUT2D eigenvalue weighted by atomic mass is 10.1. The fourth-order valence-corrected chi connectivity index (χ4v) is 2.59. The Bertz CT molecular complexity index is 536. The van der Waals surface area contributed by atoms with Crippen molar-refractivity contribution in [2.45, 2.75) is 25.9 Å². The molecule has 0 saturated carbocycles. The molecule has 4 nitrogen and oxygen atoms in total. The third kappa shape index (κ3) is 1.83. The van der Waals surface area contributed by atoms with Crippen LogP contribution in [-0.4, -0.2) is 23.1 Å². The Morgan fingerprint density at radius 3 is 3.11 bits per heavy atom. The van der Waals surface area contributed by atoms with Gasteiger partial charge in [-0.25, -0.2) is 4.98 Å². The van der Waals surface area contributed by atoms with Crippen LogP contribution in [0.1, 0.15) is 18.2 Å². The van der Waals surface area contributed by atoms with Gasteiger partial charge in [0.15, 0.2) is 0 Å². The van der Waals surface area contributed by atoms with Gasteiger partial charge in [0.25, 0.3) is 0 Å². The van der Waals surface area contributed by atoms with Crippen LogP contribution in [0, 0.1) is 0 Å². The summed E-state index contributed by atoms with van der Waals surface area (Å²) in [4.78, 5) is 9.70. The van der Waals surface area contributed by atoms with Gasteiger partial charge in [-0.3, -0.25) is 0 Å². The molecule has 2 aromatic rings. The summed E-state index contributed by atoms with van der Waals surface area (Å²) in [6.45, 7) is 3.10. The summed E-state index contributed by atoms with van der Waals surface area (Å²) in [5.74, 6) is 0.933. The minimum atomic E-state index is 0.504. The van der Waals surface area contributed by atoms with Gasteiger partial charge < -0.3 is 14.6 Å². The van der Waals surface area contributed by atoms with Crippen molar-refractivity contribution in [1.82, 2.24) is 9.97 Å². The number of ether oxygens (including phenoxy) is 1. The maximum absolute atomic E-state index is 5.28. The predicted molar refractivity (Wildman–Crippen MR) is 70.9 cm³/mol. The predicted octanol–water partition coefficient (Wildman–Crippen LogP) is 2.37. The zero-order chi connectivity index (χ0) is 12.5. The van der Waals surface area contributed by atoms with Crippen molar-refractivity contribution in [3.8, 4) is 5.75 Å². The topological polar surface area (TPSA) is 41.1 Å². The molecule has 4 heteroatoms. The van der Waals surface area contributed by atoms with Crippen molar-refractivity contribution in [2.75, 3.05) is 12.0 Å². The molecule has 0 amide bonds. The Morgan fingerprint density at radius 2 is 2.39 bits per heavy atom. The molecule has 1 N–H and O–H groups in total. The molecule has 2 heterocycles. The van der Waals surface area contributed by atoms with Crippen molar-refractivity contribution in [1.29, 1.82) is 0 Å². The number of methoxy groups -OCH3 is 1. The van der Waals surface area contributed by atoms with E-state index >= 15 is 0 Å². The summed E-state index contributed by atoms with van der Waals surface area (Å²) in [6.07, 6.45) is 4.75. The Morgan fingerprint density at radius 1 is 1.50 bits per heavy atom. The fourth-order valence-electron chi connectivity index (χ4n) is 2.59. The van der Waals surface area contributed by atoms with E-state index in [9.17, 15) is 0 Å². The summed E-state index contributed by atoms with van der Waals surface area (Å²) in [5, 5.41) is 0. The third-order valence-corrected chi connectivity index (χ3v) is 3.53. The second kappa shape index (κ2) is 4.37. The summed E-state index contributed by atoms with van der Waals surface area (Å²) < 4.78 is 5.28. The number of nitrogens with zero attached hydrogens (tertiary/aromatic N) is 2. The first-order chi connectivity index (χ1) is 8.78. The minimum absolute atomic E-state index is 0.504. The maximum atomic E-state index is 5.28. The van der Waals surface area contributed by atoms with Crippen molar-refractivity contribution >= 4 is 5.69 Å². The van der Waals surface area contributed by atoms with Gasteiger partial charge in [0, 0.05) is 17.9 Å². The molecule has 0 radical (unpaired) electrons. The maximum Gasteiger partial charge on any atom is 0.119 e. The molecule has 94 valence electrons. The van der Waals surface area contributed by atoms with Crippen LogP contribution in [0.2, 0.25) is 0 Å². The van der Waals surface area contributed by atoms with E-state index < -0.39 is 0 Å². The normalized spacial score (nSPS) is 17.9. The van der Waals surface area contributed by atoms with E-state index in [2.05, 4.69) is 33.9 Å². The van der Waals surface area contributed by atoms with Gasteiger partial charge in [-0.1, -0.05) is 0 Å². The molecule has 1 aliphatic heterocycles. The van der Waals surface area contributed by atoms with Gasteiger partial charge in [-0.05, 0) is 37.1 Å². The molecule has 1 aromatic carbocycles. The second-order valence-corrected chi connectivity index (χ2v) is 4.74. The van der Waals surface area contributed by atoms with Crippen LogP contribution in [0.4, 0.5) is 5.69 Å². The van der Waals surface area contributed by atoms with E-state index in [-0.39, 0.29) is 0 Å². The zero-order valence-corrected chi connectivity index (χ0v) is 10.7. The van der Waals surface area contributed by atoms with Gasteiger partial charge in [0.1, 0.15) is 5.75 Å².